The summed E-state index contributed by atoms with van der Waals surface area (Å²) in [7, 11) is 0. The van der Waals surface area contributed by atoms with E-state index in [0.29, 0.717) is 18.4 Å². The molecule has 8 nitrogen and oxygen atoms in total. The molecule has 2 heterocycles. The molecule has 0 radical (unpaired) electrons. The molecule has 6 aromatic carbocycles. The van der Waals surface area contributed by atoms with Gasteiger partial charge in [-0.2, -0.15) is 0 Å². The van der Waals surface area contributed by atoms with Crippen molar-refractivity contribution in [3.63, 3.8) is 0 Å². The third-order valence-electron chi connectivity index (χ3n) is 11.0. The predicted octanol–water partition coefficient (Wildman–Crippen LogP) is 8.13. The number of benzene rings is 6. The van der Waals surface area contributed by atoms with E-state index in [4.69, 9.17) is 14.2 Å². The zero-order valence-electron chi connectivity index (χ0n) is 32.3. The van der Waals surface area contributed by atoms with E-state index in [0.717, 1.165) is 33.4 Å². The van der Waals surface area contributed by atoms with Crippen molar-refractivity contribution in [3.05, 3.63) is 248 Å². The fourth-order valence-electron chi connectivity index (χ4n) is 8.27. The molecule has 8 rings (SSSR count). The lowest BCUT2D eigenvalue weighted by atomic mass is 9.79. The van der Waals surface area contributed by atoms with Crippen LogP contribution >= 0.6 is 0 Å². The Morgan fingerprint density at radius 3 is 1.36 bits per heavy atom. The highest BCUT2D eigenvalue weighted by Crippen LogP contribution is 2.46. The first-order chi connectivity index (χ1) is 28.5. The molecule has 58 heavy (non-hydrogen) atoms. The minimum atomic E-state index is -1.31. The van der Waals surface area contributed by atoms with Crippen LogP contribution in [0, 0.1) is 0 Å². The van der Waals surface area contributed by atoms with Crippen molar-refractivity contribution in [2.75, 3.05) is 6.61 Å². The number of ether oxygens (including phenoxy) is 3. The van der Waals surface area contributed by atoms with E-state index in [-0.39, 0.29) is 6.61 Å². The maximum absolute atomic E-state index is 13.8. The molecular formula is C50H46N2O6. The molecule has 0 aliphatic carbocycles. The highest BCUT2D eigenvalue weighted by Gasteiger charge is 2.52. The van der Waals surface area contributed by atoms with Gasteiger partial charge < -0.3 is 19.3 Å². The van der Waals surface area contributed by atoms with Gasteiger partial charge in [0.15, 0.2) is 6.23 Å². The van der Waals surface area contributed by atoms with Gasteiger partial charge in [0, 0.05) is 11.8 Å². The predicted molar refractivity (Wildman–Crippen MR) is 224 cm³/mol. The smallest absolute Gasteiger partial charge is 0.330 e. The van der Waals surface area contributed by atoms with Crippen LogP contribution in [0.15, 0.2) is 198 Å². The summed E-state index contributed by atoms with van der Waals surface area (Å²) in [6.45, 7) is 1.88. The Morgan fingerprint density at radius 2 is 0.983 bits per heavy atom. The van der Waals surface area contributed by atoms with E-state index < -0.39 is 47.0 Å². The van der Waals surface area contributed by atoms with Crippen molar-refractivity contribution in [1.29, 1.82) is 0 Å². The Labute approximate surface area is 338 Å². The van der Waals surface area contributed by atoms with Crippen molar-refractivity contribution >= 4 is 0 Å². The van der Waals surface area contributed by atoms with Crippen LogP contribution in [0.5, 0.6) is 0 Å². The number of nitrogens with one attached hydrogen (secondary N) is 1. The fraction of sp³-hybridized carbons (Fsp3) is 0.200. The zero-order chi connectivity index (χ0) is 40.0. The number of nitrogens with zero attached hydrogens (tertiary/aromatic N) is 1. The number of aliphatic hydroxyl groups is 1. The molecule has 0 spiro atoms. The number of hydrogen-bond donors (Lipinski definition) is 2. The second-order valence-corrected chi connectivity index (χ2v) is 14.6. The van der Waals surface area contributed by atoms with Gasteiger partial charge in [0.2, 0.25) is 0 Å². The highest BCUT2D eigenvalue weighted by atomic mass is 16.6. The average molecular weight is 771 g/mol. The average Bonchev–Trinajstić information content (AvgIpc) is 3.59. The summed E-state index contributed by atoms with van der Waals surface area (Å²) >= 11 is 0. The molecule has 8 heteroatoms. The van der Waals surface area contributed by atoms with Crippen LogP contribution in [0.2, 0.25) is 0 Å². The van der Waals surface area contributed by atoms with Crippen molar-refractivity contribution in [2.24, 2.45) is 0 Å². The van der Waals surface area contributed by atoms with Crippen LogP contribution < -0.4 is 11.2 Å². The molecular weight excluding hydrogens is 725 g/mol. The largest absolute Gasteiger partial charge is 0.387 e. The zero-order valence-corrected chi connectivity index (χ0v) is 32.3. The van der Waals surface area contributed by atoms with Crippen LogP contribution in [0.25, 0.3) is 0 Å². The van der Waals surface area contributed by atoms with Gasteiger partial charge in [-0.25, -0.2) is 4.79 Å². The Morgan fingerprint density at radius 1 is 0.603 bits per heavy atom. The minimum Gasteiger partial charge on any atom is -0.387 e. The van der Waals surface area contributed by atoms with Gasteiger partial charge in [0.05, 0.1) is 6.61 Å². The summed E-state index contributed by atoms with van der Waals surface area (Å²) in [5.74, 6) is 0. The molecule has 1 aliphatic heterocycles. The Balaban J connectivity index is 1.28. The quantitative estimate of drug-likeness (QED) is 0.108. The Hall–Kier alpha value is -6.16. The first kappa shape index (κ1) is 38.7. The standard InChI is InChI=1S/C50H46N2O6/c1-2-21-36-34-52(48(55)51-46(36)54)47-45(58-50(40-28-15-6-16-29-40,41-30-17-7-18-31-41)42-32-19-8-20-33-42)44(53)43(57-47)35-56-49(37-22-9-3-10-23-37,38-24-11-4-12-25-38)39-26-13-5-14-27-39/h3-20,22-34,43-45,47,53H,2,21,35H2,1H3,(H,51,54,55)/t43-,44-,45-,47-/m1/s1. The van der Waals surface area contributed by atoms with Crippen LogP contribution in [0.1, 0.15) is 58.5 Å². The van der Waals surface area contributed by atoms with Gasteiger partial charge >= 0.3 is 5.69 Å². The van der Waals surface area contributed by atoms with Crippen molar-refractivity contribution < 1.29 is 19.3 Å². The van der Waals surface area contributed by atoms with Crippen molar-refractivity contribution in [1.82, 2.24) is 9.55 Å². The molecule has 7 aromatic rings. The van der Waals surface area contributed by atoms with Crippen LogP contribution in [0.3, 0.4) is 0 Å². The van der Waals surface area contributed by atoms with Gasteiger partial charge in [-0.3, -0.25) is 14.3 Å². The van der Waals surface area contributed by atoms with E-state index in [9.17, 15) is 14.7 Å². The third kappa shape index (κ3) is 7.27. The van der Waals surface area contributed by atoms with E-state index >= 15 is 0 Å². The molecule has 1 fully saturated rings. The lowest BCUT2D eigenvalue weighted by molar-refractivity contribution is -0.125. The first-order valence-corrected chi connectivity index (χ1v) is 19.8. The summed E-state index contributed by atoms with van der Waals surface area (Å²) < 4.78 is 22.8. The van der Waals surface area contributed by atoms with Gasteiger partial charge in [-0.15, -0.1) is 0 Å². The van der Waals surface area contributed by atoms with Gasteiger partial charge in [0.1, 0.15) is 29.5 Å². The van der Waals surface area contributed by atoms with E-state index in [1.165, 1.54) is 4.57 Å². The molecule has 0 saturated carbocycles. The molecule has 0 bridgehead atoms. The monoisotopic (exact) mass is 770 g/mol. The minimum absolute atomic E-state index is 0.0921. The van der Waals surface area contributed by atoms with Crippen LogP contribution in [-0.4, -0.2) is 39.6 Å². The SMILES string of the molecule is CCCc1cn([C@@H]2O[C@H](COC(c3ccccc3)(c3ccccc3)c3ccccc3)[C@@H](O)[C@H]2OC(c2ccccc2)(c2ccccc2)c2ccccc2)c(=O)[nH]c1=O. The molecule has 1 aromatic heterocycles. The normalized spacial score (nSPS) is 18.2. The topological polar surface area (TPSA) is 103 Å². The van der Waals surface area contributed by atoms with Crippen LogP contribution in [-0.2, 0) is 31.8 Å². The molecule has 0 unspecified atom stereocenters. The second-order valence-electron chi connectivity index (χ2n) is 14.6. The molecule has 292 valence electrons. The van der Waals surface area contributed by atoms with Gasteiger partial charge in [-0.05, 0) is 39.8 Å². The summed E-state index contributed by atoms with van der Waals surface area (Å²) in [4.78, 5) is 29.3. The second kappa shape index (κ2) is 17.1. The highest BCUT2D eigenvalue weighted by molar-refractivity contribution is 5.49. The summed E-state index contributed by atoms with van der Waals surface area (Å²) in [6, 6.07) is 59.5. The molecule has 1 aliphatic rings. The molecule has 2 N–H and O–H groups in total. The summed E-state index contributed by atoms with van der Waals surface area (Å²) in [5, 5.41) is 12.7. The number of aromatic nitrogens is 2. The first-order valence-electron chi connectivity index (χ1n) is 19.8. The van der Waals surface area contributed by atoms with Crippen molar-refractivity contribution in [3.8, 4) is 0 Å². The fourth-order valence-corrected chi connectivity index (χ4v) is 8.27. The maximum Gasteiger partial charge on any atom is 0.330 e. The Bertz CT molecular complexity index is 2300. The number of rotatable bonds is 14. The van der Waals surface area contributed by atoms with E-state index in [1.807, 2.05) is 189 Å². The molecule has 1 saturated heterocycles. The van der Waals surface area contributed by atoms with E-state index in [1.54, 1.807) is 6.20 Å². The van der Waals surface area contributed by atoms with Crippen molar-refractivity contribution in [2.45, 2.75) is 55.5 Å². The number of aryl methyl sites for hydroxylation is 1. The third-order valence-corrected chi connectivity index (χ3v) is 11.0. The Kier molecular flexibility index (Phi) is 11.4. The van der Waals surface area contributed by atoms with E-state index in [2.05, 4.69) is 4.98 Å². The van der Waals surface area contributed by atoms with Gasteiger partial charge in [0.25, 0.3) is 5.56 Å². The summed E-state index contributed by atoms with van der Waals surface area (Å²) in [5.41, 5.74) is 2.04. The maximum atomic E-state index is 13.8. The molecule has 0 amide bonds. The number of hydrogen-bond acceptors (Lipinski definition) is 6. The van der Waals surface area contributed by atoms with Gasteiger partial charge in [-0.1, -0.05) is 195 Å². The number of aliphatic hydroxyl groups excluding tert-OH is 1. The summed E-state index contributed by atoms with van der Waals surface area (Å²) in [6.07, 6.45) is -1.94. The number of H-pyrrole nitrogens is 1. The van der Waals surface area contributed by atoms with Crippen LogP contribution in [0.4, 0.5) is 0 Å². The number of aromatic amines is 1. The lowest BCUT2D eigenvalue weighted by Gasteiger charge is -2.40. The lowest BCUT2D eigenvalue weighted by Crippen LogP contribution is -2.46. The molecule has 4 atom stereocenters.